The first kappa shape index (κ1) is 12.9. The summed E-state index contributed by atoms with van der Waals surface area (Å²) in [5.74, 6) is -0.373. The number of amides is 2. The molecule has 1 heterocycles. The molecule has 1 saturated heterocycles. The number of carbonyl (C=O) groups excluding carboxylic acids is 3. The molecule has 0 aromatic heterocycles. The number of unbranched alkanes of at least 4 members (excludes halogenated alkanes) is 1. The SMILES string of the molecule is CC(=O)CCCCN1C(=O)C(C)C(C)C1=O. The van der Waals surface area contributed by atoms with E-state index >= 15 is 0 Å². The van der Waals surface area contributed by atoms with Crippen LogP contribution in [0, 0.1) is 11.8 Å². The Labute approximate surface area is 96.0 Å². The summed E-state index contributed by atoms with van der Waals surface area (Å²) in [6, 6.07) is 0. The first-order valence-electron chi connectivity index (χ1n) is 5.79. The van der Waals surface area contributed by atoms with E-state index in [1.54, 1.807) is 20.8 Å². The van der Waals surface area contributed by atoms with Gasteiger partial charge in [-0.2, -0.15) is 0 Å². The van der Waals surface area contributed by atoms with E-state index in [-0.39, 0.29) is 29.4 Å². The van der Waals surface area contributed by atoms with E-state index in [1.807, 2.05) is 0 Å². The van der Waals surface area contributed by atoms with Crippen molar-refractivity contribution >= 4 is 17.6 Å². The van der Waals surface area contributed by atoms with Crippen LogP contribution in [0.25, 0.3) is 0 Å². The van der Waals surface area contributed by atoms with E-state index in [9.17, 15) is 14.4 Å². The van der Waals surface area contributed by atoms with Gasteiger partial charge in [-0.05, 0) is 19.8 Å². The van der Waals surface area contributed by atoms with Crippen molar-refractivity contribution in [2.45, 2.75) is 40.0 Å². The Hall–Kier alpha value is -1.19. The van der Waals surface area contributed by atoms with E-state index in [0.29, 0.717) is 13.0 Å². The quantitative estimate of drug-likeness (QED) is 0.524. The zero-order valence-corrected chi connectivity index (χ0v) is 10.2. The predicted octanol–water partition coefficient (Wildman–Crippen LogP) is 1.39. The van der Waals surface area contributed by atoms with Gasteiger partial charge in [0.2, 0.25) is 11.8 Å². The predicted molar refractivity (Wildman–Crippen MR) is 59.6 cm³/mol. The van der Waals surface area contributed by atoms with Crippen molar-refractivity contribution in [1.82, 2.24) is 4.90 Å². The van der Waals surface area contributed by atoms with Gasteiger partial charge >= 0.3 is 0 Å². The number of ketones is 1. The fourth-order valence-electron chi connectivity index (χ4n) is 1.89. The highest BCUT2D eigenvalue weighted by molar-refractivity contribution is 6.04. The molecule has 0 aromatic carbocycles. The lowest BCUT2D eigenvalue weighted by molar-refractivity contribution is -0.139. The summed E-state index contributed by atoms with van der Waals surface area (Å²) in [6.45, 7) is 5.59. The Kier molecular flexibility index (Phi) is 4.21. The van der Waals surface area contributed by atoms with Gasteiger partial charge in [0, 0.05) is 24.8 Å². The van der Waals surface area contributed by atoms with Crippen molar-refractivity contribution in [2.75, 3.05) is 6.54 Å². The van der Waals surface area contributed by atoms with Crippen LogP contribution in [-0.4, -0.2) is 29.0 Å². The summed E-state index contributed by atoms with van der Waals surface area (Å²) < 4.78 is 0. The van der Waals surface area contributed by atoms with E-state index in [0.717, 1.165) is 12.8 Å². The second-order valence-corrected chi connectivity index (χ2v) is 4.56. The summed E-state index contributed by atoms with van der Waals surface area (Å²) in [4.78, 5) is 35.5. The standard InChI is InChI=1S/C12H19NO3/c1-8(14)6-4-5-7-13-11(15)9(2)10(3)12(13)16/h9-10H,4-7H2,1-3H3. The maximum Gasteiger partial charge on any atom is 0.232 e. The molecule has 4 heteroatoms. The molecular formula is C12H19NO3. The summed E-state index contributed by atoms with van der Waals surface area (Å²) in [7, 11) is 0. The molecule has 0 bridgehead atoms. The monoisotopic (exact) mass is 225 g/mol. The van der Waals surface area contributed by atoms with Crippen molar-refractivity contribution in [2.24, 2.45) is 11.8 Å². The van der Waals surface area contributed by atoms with Crippen molar-refractivity contribution in [3.63, 3.8) is 0 Å². The molecule has 0 N–H and O–H groups in total. The first-order valence-corrected chi connectivity index (χ1v) is 5.79. The van der Waals surface area contributed by atoms with E-state index in [2.05, 4.69) is 0 Å². The largest absolute Gasteiger partial charge is 0.300 e. The molecule has 2 atom stereocenters. The van der Waals surface area contributed by atoms with Crippen LogP contribution in [0.2, 0.25) is 0 Å². The average molecular weight is 225 g/mol. The third kappa shape index (κ3) is 2.68. The number of hydrogen-bond acceptors (Lipinski definition) is 3. The van der Waals surface area contributed by atoms with E-state index < -0.39 is 0 Å². The maximum absolute atomic E-state index is 11.7. The summed E-state index contributed by atoms with van der Waals surface area (Å²) in [6.07, 6.45) is 1.99. The number of carbonyl (C=O) groups is 3. The summed E-state index contributed by atoms with van der Waals surface area (Å²) in [5.41, 5.74) is 0. The van der Waals surface area contributed by atoms with Crippen LogP contribution >= 0.6 is 0 Å². The van der Waals surface area contributed by atoms with Gasteiger partial charge in [-0.15, -0.1) is 0 Å². The van der Waals surface area contributed by atoms with Gasteiger partial charge in [-0.1, -0.05) is 13.8 Å². The Morgan fingerprint density at radius 1 is 1.12 bits per heavy atom. The summed E-state index contributed by atoms with van der Waals surface area (Å²) >= 11 is 0. The number of nitrogens with zero attached hydrogens (tertiary/aromatic N) is 1. The third-order valence-corrected chi connectivity index (χ3v) is 3.22. The van der Waals surface area contributed by atoms with E-state index in [4.69, 9.17) is 0 Å². The summed E-state index contributed by atoms with van der Waals surface area (Å²) in [5, 5.41) is 0. The fraction of sp³-hybridized carbons (Fsp3) is 0.750. The molecule has 90 valence electrons. The van der Waals surface area contributed by atoms with E-state index in [1.165, 1.54) is 4.90 Å². The first-order chi connectivity index (χ1) is 7.45. The lowest BCUT2D eigenvalue weighted by atomic mass is 10.00. The molecule has 1 aliphatic rings. The normalized spacial score (nSPS) is 25.3. The minimum absolute atomic E-state index is 0.0691. The number of Topliss-reactive ketones (excluding diaryl/α,β-unsaturated/α-hetero) is 1. The van der Waals surface area contributed by atoms with Crippen LogP contribution in [0.4, 0.5) is 0 Å². The second kappa shape index (κ2) is 5.23. The van der Waals surface area contributed by atoms with Gasteiger partial charge in [0.05, 0.1) is 0 Å². The molecule has 1 rings (SSSR count). The van der Waals surface area contributed by atoms with Gasteiger partial charge in [-0.3, -0.25) is 14.5 Å². The van der Waals surface area contributed by atoms with Crippen molar-refractivity contribution in [3.05, 3.63) is 0 Å². The molecule has 0 saturated carbocycles. The lowest BCUT2D eigenvalue weighted by Crippen LogP contribution is -2.31. The Morgan fingerprint density at radius 3 is 2.06 bits per heavy atom. The number of hydrogen-bond donors (Lipinski definition) is 0. The number of imide groups is 1. The molecule has 2 amide bonds. The minimum Gasteiger partial charge on any atom is -0.300 e. The molecular weight excluding hydrogens is 206 g/mol. The van der Waals surface area contributed by atoms with Gasteiger partial charge in [0.25, 0.3) is 0 Å². The average Bonchev–Trinajstić information content (AvgIpc) is 2.40. The molecule has 1 aliphatic heterocycles. The van der Waals surface area contributed by atoms with Crippen molar-refractivity contribution < 1.29 is 14.4 Å². The molecule has 4 nitrogen and oxygen atoms in total. The highest BCUT2D eigenvalue weighted by Crippen LogP contribution is 2.25. The number of rotatable bonds is 5. The second-order valence-electron chi connectivity index (χ2n) is 4.56. The lowest BCUT2D eigenvalue weighted by Gasteiger charge is -2.13. The Balaban J connectivity index is 2.40. The third-order valence-electron chi connectivity index (χ3n) is 3.22. The molecule has 0 aliphatic carbocycles. The van der Waals surface area contributed by atoms with Gasteiger partial charge < -0.3 is 4.79 Å². The van der Waals surface area contributed by atoms with Crippen LogP contribution in [-0.2, 0) is 14.4 Å². The number of likely N-dealkylation sites (tertiary alicyclic amines) is 1. The van der Waals surface area contributed by atoms with Crippen LogP contribution in [0.5, 0.6) is 0 Å². The van der Waals surface area contributed by atoms with Crippen molar-refractivity contribution in [3.8, 4) is 0 Å². The van der Waals surface area contributed by atoms with Crippen LogP contribution in [0.3, 0.4) is 0 Å². The molecule has 1 fully saturated rings. The molecule has 2 unspecified atom stereocenters. The van der Waals surface area contributed by atoms with Gasteiger partial charge in [0.15, 0.2) is 0 Å². The fourth-order valence-corrected chi connectivity index (χ4v) is 1.89. The van der Waals surface area contributed by atoms with Crippen molar-refractivity contribution in [1.29, 1.82) is 0 Å². The molecule has 0 spiro atoms. The topological polar surface area (TPSA) is 54.5 Å². The molecule has 0 radical (unpaired) electrons. The minimum atomic E-state index is -0.194. The Morgan fingerprint density at radius 2 is 1.62 bits per heavy atom. The highest BCUT2D eigenvalue weighted by Gasteiger charge is 2.41. The smallest absolute Gasteiger partial charge is 0.232 e. The zero-order chi connectivity index (χ0) is 12.3. The van der Waals surface area contributed by atoms with Crippen LogP contribution < -0.4 is 0 Å². The van der Waals surface area contributed by atoms with Crippen LogP contribution in [0.15, 0.2) is 0 Å². The van der Waals surface area contributed by atoms with Gasteiger partial charge in [0.1, 0.15) is 5.78 Å². The zero-order valence-electron chi connectivity index (χ0n) is 10.2. The van der Waals surface area contributed by atoms with Gasteiger partial charge in [-0.25, -0.2) is 0 Å². The highest BCUT2D eigenvalue weighted by atomic mass is 16.2. The molecule has 16 heavy (non-hydrogen) atoms. The van der Waals surface area contributed by atoms with Crippen LogP contribution in [0.1, 0.15) is 40.0 Å². The molecule has 0 aromatic rings. The Bertz CT molecular complexity index is 291. The maximum atomic E-state index is 11.7.